The molecule has 1 atom stereocenters. The zero-order valence-corrected chi connectivity index (χ0v) is 20.1. The summed E-state index contributed by atoms with van der Waals surface area (Å²) in [6.07, 6.45) is 16.2. The molecule has 3 heteroatoms. The number of hydrogen-bond acceptors (Lipinski definition) is 3. The van der Waals surface area contributed by atoms with Crippen molar-refractivity contribution in [2.24, 2.45) is 0 Å². The fourth-order valence-corrected chi connectivity index (χ4v) is 3.65. The highest BCUT2D eigenvalue weighted by Gasteiger charge is 2.05. The molecule has 0 N–H and O–H groups in total. The van der Waals surface area contributed by atoms with Crippen molar-refractivity contribution in [3.8, 4) is 17.0 Å². The first-order valence-corrected chi connectivity index (χ1v) is 12.5. The van der Waals surface area contributed by atoms with Gasteiger partial charge in [-0.15, -0.1) is 0 Å². The highest BCUT2D eigenvalue weighted by Crippen LogP contribution is 2.21. The van der Waals surface area contributed by atoms with E-state index in [4.69, 9.17) is 9.47 Å². The van der Waals surface area contributed by atoms with E-state index in [9.17, 15) is 0 Å². The van der Waals surface area contributed by atoms with Crippen LogP contribution in [0.25, 0.3) is 11.3 Å². The summed E-state index contributed by atoms with van der Waals surface area (Å²) in [6, 6.07) is 12.6. The van der Waals surface area contributed by atoms with E-state index in [0.29, 0.717) is 6.61 Å². The SMILES string of the molecule is CCCCCCCCc1ccc(-c2ccc(OC[C@@H](C)OCCCCCC)cc2)nc1. The second kappa shape index (κ2) is 15.9. The Morgan fingerprint density at radius 1 is 0.774 bits per heavy atom. The Bertz CT molecular complexity index is 681. The molecule has 1 aromatic heterocycles. The van der Waals surface area contributed by atoms with E-state index in [2.05, 4.69) is 50.0 Å². The van der Waals surface area contributed by atoms with Gasteiger partial charge in [0.25, 0.3) is 0 Å². The number of pyridine rings is 1. The van der Waals surface area contributed by atoms with E-state index in [1.807, 2.05) is 18.3 Å². The lowest BCUT2D eigenvalue weighted by Gasteiger charge is -2.14. The van der Waals surface area contributed by atoms with Crippen molar-refractivity contribution >= 4 is 0 Å². The summed E-state index contributed by atoms with van der Waals surface area (Å²) < 4.78 is 11.7. The Hall–Kier alpha value is -1.87. The van der Waals surface area contributed by atoms with Gasteiger partial charge in [0.15, 0.2) is 0 Å². The number of rotatable bonds is 17. The number of nitrogens with zero attached hydrogens (tertiary/aromatic N) is 1. The summed E-state index contributed by atoms with van der Waals surface area (Å²) in [5, 5.41) is 0. The minimum Gasteiger partial charge on any atom is -0.491 e. The molecule has 0 amide bonds. The average Bonchev–Trinajstić information content (AvgIpc) is 2.80. The molecule has 2 rings (SSSR count). The van der Waals surface area contributed by atoms with E-state index >= 15 is 0 Å². The third kappa shape index (κ3) is 10.8. The molecular formula is C28H43NO2. The van der Waals surface area contributed by atoms with Crippen LogP contribution in [0.5, 0.6) is 5.75 Å². The van der Waals surface area contributed by atoms with Crippen LogP contribution in [-0.4, -0.2) is 24.3 Å². The maximum absolute atomic E-state index is 5.89. The Balaban J connectivity index is 1.69. The number of aromatic nitrogens is 1. The average molecular weight is 426 g/mol. The van der Waals surface area contributed by atoms with Gasteiger partial charge in [0.2, 0.25) is 0 Å². The molecule has 3 nitrogen and oxygen atoms in total. The quantitative estimate of drug-likeness (QED) is 0.240. The molecule has 0 fully saturated rings. The monoisotopic (exact) mass is 425 g/mol. The van der Waals surface area contributed by atoms with Crippen LogP contribution >= 0.6 is 0 Å². The first kappa shape index (κ1) is 25.4. The molecule has 1 heterocycles. The molecule has 0 aliphatic heterocycles. The second-order valence-electron chi connectivity index (χ2n) is 8.65. The molecule has 0 radical (unpaired) electrons. The van der Waals surface area contributed by atoms with Crippen LogP contribution in [0.4, 0.5) is 0 Å². The van der Waals surface area contributed by atoms with Crippen molar-refractivity contribution in [3.63, 3.8) is 0 Å². The highest BCUT2D eigenvalue weighted by atomic mass is 16.5. The summed E-state index contributed by atoms with van der Waals surface area (Å²) in [7, 11) is 0. The first-order valence-electron chi connectivity index (χ1n) is 12.5. The van der Waals surface area contributed by atoms with Gasteiger partial charge in [0, 0.05) is 18.4 Å². The molecule has 0 bridgehead atoms. The van der Waals surface area contributed by atoms with Crippen LogP contribution < -0.4 is 4.74 Å². The predicted octanol–water partition coefficient (Wildman–Crippen LogP) is 8.02. The molecule has 0 spiro atoms. The molecular weight excluding hydrogens is 382 g/mol. The van der Waals surface area contributed by atoms with Crippen LogP contribution in [0.3, 0.4) is 0 Å². The van der Waals surface area contributed by atoms with Gasteiger partial charge in [0.1, 0.15) is 12.4 Å². The Morgan fingerprint density at radius 3 is 2.13 bits per heavy atom. The number of ether oxygens (including phenoxy) is 2. The Kier molecular flexibility index (Phi) is 13.0. The van der Waals surface area contributed by atoms with Gasteiger partial charge in [-0.3, -0.25) is 4.98 Å². The number of aryl methyl sites for hydroxylation is 1. The lowest BCUT2D eigenvalue weighted by molar-refractivity contribution is 0.0303. The Morgan fingerprint density at radius 2 is 1.45 bits per heavy atom. The molecule has 0 saturated heterocycles. The van der Waals surface area contributed by atoms with Crippen molar-refractivity contribution in [2.75, 3.05) is 13.2 Å². The predicted molar refractivity (Wildman–Crippen MR) is 132 cm³/mol. The van der Waals surface area contributed by atoms with Crippen LogP contribution in [0.1, 0.15) is 90.5 Å². The number of benzene rings is 1. The van der Waals surface area contributed by atoms with Gasteiger partial charge in [0.05, 0.1) is 11.8 Å². The largest absolute Gasteiger partial charge is 0.491 e. The van der Waals surface area contributed by atoms with Crippen LogP contribution in [0, 0.1) is 0 Å². The summed E-state index contributed by atoms with van der Waals surface area (Å²) >= 11 is 0. The van der Waals surface area contributed by atoms with E-state index < -0.39 is 0 Å². The summed E-state index contributed by atoms with van der Waals surface area (Å²) in [5.41, 5.74) is 3.48. The van der Waals surface area contributed by atoms with Crippen molar-refractivity contribution in [1.82, 2.24) is 4.98 Å². The van der Waals surface area contributed by atoms with Crippen molar-refractivity contribution < 1.29 is 9.47 Å². The first-order chi connectivity index (χ1) is 15.2. The zero-order valence-electron chi connectivity index (χ0n) is 20.1. The molecule has 0 unspecified atom stereocenters. The zero-order chi connectivity index (χ0) is 22.2. The van der Waals surface area contributed by atoms with E-state index in [1.165, 1.54) is 63.4 Å². The number of hydrogen-bond donors (Lipinski definition) is 0. The minimum absolute atomic E-state index is 0.113. The van der Waals surface area contributed by atoms with Crippen LogP contribution in [0.2, 0.25) is 0 Å². The molecule has 1 aromatic carbocycles. The third-order valence-corrected chi connectivity index (χ3v) is 5.68. The van der Waals surface area contributed by atoms with Crippen molar-refractivity contribution in [2.45, 2.75) is 97.5 Å². The highest BCUT2D eigenvalue weighted by molar-refractivity contribution is 5.60. The van der Waals surface area contributed by atoms with E-state index in [-0.39, 0.29) is 6.10 Å². The van der Waals surface area contributed by atoms with Crippen molar-refractivity contribution in [1.29, 1.82) is 0 Å². The molecule has 31 heavy (non-hydrogen) atoms. The summed E-state index contributed by atoms with van der Waals surface area (Å²) in [5.74, 6) is 0.880. The smallest absolute Gasteiger partial charge is 0.119 e. The molecule has 172 valence electrons. The standard InChI is InChI=1S/C28H43NO2/c1-4-6-8-10-11-12-14-25-15-20-28(29-22-25)26-16-18-27(19-17-26)31-23-24(3)30-21-13-9-7-5-2/h15-20,22,24H,4-14,21,23H2,1-3H3/t24-/m1/s1. The molecule has 0 aliphatic carbocycles. The molecule has 2 aromatic rings. The minimum atomic E-state index is 0.113. The normalized spacial score (nSPS) is 12.1. The topological polar surface area (TPSA) is 31.4 Å². The molecule has 0 saturated carbocycles. The van der Waals surface area contributed by atoms with Gasteiger partial charge in [-0.1, -0.05) is 71.3 Å². The van der Waals surface area contributed by atoms with Gasteiger partial charge in [-0.2, -0.15) is 0 Å². The lowest BCUT2D eigenvalue weighted by Crippen LogP contribution is -2.18. The summed E-state index contributed by atoms with van der Waals surface area (Å²) in [4.78, 5) is 4.68. The van der Waals surface area contributed by atoms with Crippen LogP contribution in [-0.2, 0) is 11.2 Å². The maximum atomic E-state index is 5.89. The van der Waals surface area contributed by atoms with E-state index in [0.717, 1.165) is 36.5 Å². The fourth-order valence-electron chi connectivity index (χ4n) is 3.65. The Labute approximate surface area is 190 Å². The van der Waals surface area contributed by atoms with Gasteiger partial charge in [-0.25, -0.2) is 0 Å². The second-order valence-corrected chi connectivity index (χ2v) is 8.65. The number of unbranched alkanes of at least 4 members (excludes halogenated alkanes) is 8. The van der Waals surface area contributed by atoms with Crippen LogP contribution in [0.15, 0.2) is 42.6 Å². The maximum Gasteiger partial charge on any atom is 0.119 e. The summed E-state index contributed by atoms with van der Waals surface area (Å²) in [6.45, 7) is 7.97. The van der Waals surface area contributed by atoms with Gasteiger partial charge >= 0.3 is 0 Å². The fraction of sp³-hybridized carbons (Fsp3) is 0.607. The third-order valence-electron chi connectivity index (χ3n) is 5.68. The lowest BCUT2D eigenvalue weighted by atomic mass is 10.1. The molecule has 0 aliphatic rings. The van der Waals surface area contributed by atoms with E-state index in [1.54, 1.807) is 0 Å². The van der Waals surface area contributed by atoms with Gasteiger partial charge < -0.3 is 9.47 Å². The van der Waals surface area contributed by atoms with Gasteiger partial charge in [-0.05, 0) is 62.1 Å². The van der Waals surface area contributed by atoms with Crippen molar-refractivity contribution in [3.05, 3.63) is 48.2 Å².